The number of hydrogen-bond donors (Lipinski definition) is 4. The molecule has 0 saturated carbocycles. The van der Waals surface area contributed by atoms with Crippen molar-refractivity contribution in [1.82, 2.24) is 10.6 Å². The highest BCUT2D eigenvalue weighted by Crippen LogP contribution is 1.82. The molecular weight excluding hydrogens is 192 g/mol. The summed E-state index contributed by atoms with van der Waals surface area (Å²) in [5.74, 6) is -2.41. The highest BCUT2D eigenvalue weighted by atomic mass is 16.4. The Balaban J connectivity index is 4.04. The van der Waals surface area contributed by atoms with Crippen molar-refractivity contribution in [2.24, 2.45) is 0 Å². The number of hydrogen-bond acceptors (Lipinski definition) is 4. The first kappa shape index (κ1) is 12.4. The summed E-state index contributed by atoms with van der Waals surface area (Å²) in [5, 5.41) is 21.1. The van der Waals surface area contributed by atoms with Crippen molar-refractivity contribution in [3.05, 3.63) is 0 Å². The largest absolute Gasteiger partial charge is 0.480 e. The van der Waals surface area contributed by atoms with Crippen LogP contribution in [0.4, 0.5) is 0 Å². The normalized spacial score (nSPS) is 11.6. The first-order valence-electron chi connectivity index (χ1n) is 3.84. The van der Waals surface area contributed by atoms with Gasteiger partial charge in [-0.3, -0.25) is 14.4 Å². The number of carboxylic acids is 1. The monoisotopic (exact) mass is 204 g/mol. The number of nitrogens with one attached hydrogen (secondary N) is 2. The molecular formula is C7H12N2O5. The predicted octanol–water partition coefficient (Wildman–Crippen LogP) is -2.32. The maximum atomic E-state index is 11.1. The second-order valence-electron chi connectivity index (χ2n) is 2.55. The summed E-state index contributed by atoms with van der Waals surface area (Å²) < 4.78 is 0. The van der Waals surface area contributed by atoms with E-state index < -0.39 is 37.0 Å². The summed E-state index contributed by atoms with van der Waals surface area (Å²) in [6.45, 7) is 0.0626. The Hall–Kier alpha value is -1.63. The zero-order chi connectivity index (χ0) is 11.1. The van der Waals surface area contributed by atoms with Gasteiger partial charge in [-0.15, -0.1) is 0 Å². The molecule has 1 atom stereocenters. The van der Waals surface area contributed by atoms with E-state index in [0.717, 1.165) is 0 Å². The predicted molar refractivity (Wildman–Crippen MR) is 45.3 cm³/mol. The molecule has 0 saturated heterocycles. The Bertz CT molecular complexity index is 240. The number of aliphatic hydroxyl groups excluding tert-OH is 1. The van der Waals surface area contributed by atoms with Gasteiger partial charge >= 0.3 is 5.97 Å². The van der Waals surface area contributed by atoms with Crippen molar-refractivity contribution in [2.75, 3.05) is 13.2 Å². The fraction of sp³-hybridized carbons (Fsp3) is 0.571. The molecule has 7 nitrogen and oxygen atoms in total. The van der Waals surface area contributed by atoms with Crippen LogP contribution in [0.15, 0.2) is 0 Å². The fourth-order valence-electron chi connectivity index (χ4n) is 0.725. The molecule has 0 aromatic heterocycles. The average Bonchev–Trinajstić information content (AvgIpc) is 2.09. The molecule has 0 aromatic rings. The van der Waals surface area contributed by atoms with Gasteiger partial charge in [0.05, 0.1) is 6.61 Å². The minimum atomic E-state index is -1.20. The quantitative estimate of drug-likeness (QED) is 0.401. The Kier molecular flexibility index (Phi) is 5.23. The van der Waals surface area contributed by atoms with E-state index in [1.807, 2.05) is 5.32 Å². The van der Waals surface area contributed by atoms with Crippen molar-refractivity contribution in [3.63, 3.8) is 0 Å². The molecule has 1 unspecified atom stereocenters. The highest BCUT2D eigenvalue weighted by molar-refractivity contribution is 5.88. The molecule has 80 valence electrons. The zero-order valence-electron chi connectivity index (χ0n) is 7.61. The van der Waals surface area contributed by atoms with E-state index in [0.29, 0.717) is 0 Å². The molecule has 0 fully saturated rings. The van der Waals surface area contributed by atoms with E-state index >= 15 is 0 Å². The van der Waals surface area contributed by atoms with Crippen molar-refractivity contribution in [3.8, 4) is 0 Å². The van der Waals surface area contributed by atoms with E-state index in [-0.39, 0.29) is 0 Å². The maximum Gasteiger partial charge on any atom is 0.322 e. The third kappa shape index (κ3) is 5.09. The van der Waals surface area contributed by atoms with E-state index in [4.69, 9.17) is 10.2 Å². The molecule has 0 aliphatic carbocycles. The SMILES string of the molecule is CC(=O)NC(CO)C(=O)NCC(=O)O. The smallest absolute Gasteiger partial charge is 0.322 e. The Morgan fingerprint density at radius 2 is 1.93 bits per heavy atom. The molecule has 0 aliphatic heterocycles. The van der Waals surface area contributed by atoms with Gasteiger partial charge in [-0.05, 0) is 0 Å². The van der Waals surface area contributed by atoms with Gasteiger partial charge in [-0.25, -0.2) is 0 Å². The van der Waals surface area contributed by atoms with Crippen LogP contribution in [-0.4, -0.2) is 47.2 Å². The van der Waals surface area contributed by atoms with Crippen molar-refractivity contribution in [1.29, 1.82) is 0 Å². The van der Waals surface area contributed by atoms with Gasteiger partial charge in [0.25, 0.3) is 0 Å². The number of amides is 2. The lowest BCUT2D eigenvalue weighted by Crippen LogP contribution is -2.49. The van der Waals surface area contributed by atoms with Crippen LogP contribution in [0, 0.1) is 0 Å². The second kappa shape index (κ2) is 5.92. The van der Waals surface area contributed by atoms with Crippen LogP contribution in [0.5, 0.6) is 0 Å². The lowest BCUT2D eigenvalue weighted by Gasteiger charge is -2.13. The molecule has 0 spiro atoms. The Morgan fingerprint density at radius 3 is 2.29 bits per heavy atom. The molecule has 0 rings (SSSR count). The van der Waals surface area contributed by atoms with Gasteiger partial charge < -0.3 is 20.8 Å². The minimum Gasteiger partial charge on any atom is -0.480 e. The number of carboxylic acid groups (broad SMARTS) is 1. The Labute approximate surface area is 80.1 Å². The number of carbonyl (C=O) groups is 3. The highest BCUT2D eigenvalue weighted by Gasteiger charge is 2.18. The van der Waals surface area contributed by atoms with Crippen LogP contribution in [0.1, 0.15) is 6.92 Å². The van der Waals surface area contributed by atoms with Gasteiger partial charge in [0.2, 0.25) is 11.8 Å². The van der Waals surface area contributed by atoms with E-state index in [1.54, 1.807) is 0 Å². The lowest BCUT2D eigenvalue weighted by atomic mass is 10.3. The van der Waals surface area contributed by atoms with E-state index in [2.05, 4.69) is 5.32 Å². The number of aliphatic carboxylic acids is 1. The number of rotatable bonds is 5. The summed E-state index contributed by atoms with van der Waals surface area (Å²) >= 11 is 0. The second-order valence-corrected chi connectivity index (χ2v) is 2.55. The fourth-order valence-corrected chi connectivity index (χ4v) is 0.725. The van der Waals surface area contributed by atoms with Crippen molar-refractivity contribution < 1.29 is 24.6 Å². The van der Waals surface area contributed by atoms with Crippen LogP contribution in [-0.2, 0) is 14.4 Å². The maximum absolute atomic E-state index is 11.1. The van der Waals surface area contributed by atoms with E-state index in [9.17, 15) is 14.4 Å². The van der Waals surface area contributed by atoms with Gasteiger partial charge in [-0.1, -0.05) is 0 Å². The van der Waals surface area contributed by atoms with Crippen LogP contribution in [0.2, 0.25) is 0 Å². The summed E-state index contributed by atoms with van der Waals surface area (Å²) in [5.41, 5.74) is 0. The Morgan fingerprint density at radius 1 is 1.36 bits per heavy atom. The number of aliphatic hydroxyl groups is 1. The molecule has 0 bridgehead atoms. The first-order chi connectivity index (χ1) is 6.47. The summed E-state index contributed by atoms with van der Waals surface area (Å²) in [7, 11) is 0. The van der Waals surface area contributed by atoms with Crippen LogP contribution >= 0.6 is 0 Å². The van der Waals surface area contributed by atoms with Crippen LogP contribution in [0.3, 0.4) is 0 Å². The van der Waals surface area contributed by atoms with Gasteiger partial charge in [0, 0.05) is 6.92 Å². The van der Waals surface area contributed by atoms with Crippen molar-refractivity contribution in [2.45, 2.75) is 13.0 Å². The summed E-state index contributed by atoms with van der Waals surface area (Å²) in [6, 6.07) is -1.10. The minimum absolute atomic E-state index is 0.477. The third-order valence-electron chi connectivity index (χ3n) is 1.29. The molecule has 0 aromatic carbocycles. The first-order valence-corrected chi connectivity index (χ1v) is 3.84. The summed E-state index contributed by atoms with van der Waals surface area (Å²) in [6.07, 6.45) is 0. The molecule has 4 N–H and O–H groups in total. The lowest BCUT2D eigenvalue weighted by molar-refractivity contribution is -0.138. The standard InChI is InChI=1S/C7H12N2O5/c1-4(11)9-5(3-10)7(14)8-2-6(12)13/h5,10H,2-3H2,1H3,(H,8,14)(H,9,11)(H,12,13). The van der Waals surface area contributed by atoms with Crippen LogP contribution in [0.25, 0.3) is 0 Å². The van der Waals surface area contributed by atoms with E-state index in [1.165, 1.54) is 6.92 Å². The molecule has 0 radical (unpaired) electrons. The molecule has 14 heavy (non-hydrogen) atoms. The van der Waals surface area contributed by atoms with Gasteiger partial charge in [0.15, 0.2) is 0 Å². The van der Waals surface area contributed by atoms with Gasteiger partial charge in [-0.2, -0.15) is 0 Å². The third-order valence-corrected chi connectivity index (χ3v) is 1.29. The average molecular weight is 204 g/mol. The molecule has 0 heterocycles. The number of carbonyl (C=O) groups excluding carboxylic acids is 2. The topological polar surface area (TPSA) is 116 Å². The molecule has 2 amide bonds. The van der Waals surface area contributed by atoms with Crippen molar-refractivity contribution >= 4 is 17.8 Å². The zero-order valence-corrected chi connectivity index (χ0v) is 7.61. The van der Waals surface area contributed by atoms with Gasteiger partial charge in [0.1, 0.15) is 12.6 Å². The summed E-state index contributed by atoms with van der Waals surface area (Å²) in [4.78, 5) is 31.7. The molecule has 7 heteroatoms. The molecule has 0 aliphatic rings. The van der Waals surface area contributed by atoms with Crippen LogP contribution < -0.4 is 10.6 Å².